The molecule has 0 saturated carbocycles. The van der Waals surface area contributed by atoms with Gasteiger partial charge < -0.3 is 5.32 Å². The lowest BCUT2D eigenvalue weighted by atomic mass is 10.6. The van der Waals surface area contributed by atoms with E-state index in [-0.39, 0.29) is 0 Å². The topological polar surface area (TPSA) is 50.4 Å². The zero-order valence-corrected chi connectivity index (χ0v) is 5.98. The van der Waals surface area contributed by atoms with Gasteiger partial charge in [-0.3, -0.25) is 5.73 Å². The second kappa shape index (κ2) is 2.41. The van der Waals surface area contributed by atoms with Crippen LogP contribution in [0.3, 0.4) is 0 Å². The molecule has 0 amide bonds. The van der Waals surface area contributed by atoms with E-state index >= 15 is 0 Å². The number of aliphatic imine (C=N–C) groups is 1. The molecule has 0 aliphatic carbocycles. The van der Waals surface area contributed by atoms with Crippen LogP contribution >= 0.6 is 11.8 Å². The van der Waals surface area contributed by atoms with Gasteiger partial charge in [-0.15, -0.1) is 0 Å². The first-order valence-electron chi connectivity index (χ1n) is 2.59. The lowest BCUT2D eigenvalue weighted by Gasteiger charge is -2.24. The Morgan fingerprint density at radius 1 is 1.78 bits per heavy atom. The molecule has 1 rings (SSSR count). The minimum absolute atomic E-state index is 0.630. The molecule has 1 aliphatic rings. The van der Waals surface area contributed by atoms with Gasteiger partial charge in [0, 0.05) is 12.4 Å². The largest absolute Gasteiger partial charge is 0.347 e. The Morgan fingerprint density at radius 3 is 2.89 bits per heavy atom. The van der Waals surface area contributed by atoms with Crippen LogP contribution < -0.4 is 11.1 Å². The first-order valence-corrected chi connectivity index (χ1v) is 3.81. The molecule has 0 spiro atoms. The van der Waals surface area contributed by atoms with E-state index in [0.717, 1.165) is 0 Å². The summed E-state index contributed by atoms with van der Waals surface area (Å²) in [7, 11) is 0. The normalized spacial score (nSPS) is 32.2. The Bertz CT molecular complexity index is 154. The molecule has 0 saturated heterocycles. The molecule has 0 bridgehead atoms. The summed E-state index contributed by atoms with van der Waals surface area (Å²) in [6.45, 7) is 0. The number of thioether (sulfide) groups is 1. The van der Waals surface area contributed by atoms with E-state index in [9.17, 15) is 0 Å². The summed E-state index contributed by atoms with van der Waals surface area (Å²) in [5, 5.41) is 2.28. The molecule has 0 radical (unpaired) electrons. The molecule has 9 heavy (non-hydrogen) atoms. The maximum atomic E-state index is 5.66. The molecule has 0 aromatic rings. The van der Waals surface area contributed by atoms with E-state index in [1.165, 1.54) is 11.8 Å². The minimum Gasteiger partial charge on any atom is -0.347 e. The molecule has 4 heteroatoms. The van der Waals surface area contributed by atoms with Crippen LogP contribution in [-0.4, -0.2) is 17.6 Å². The standard InChI is InChI=1S/C5H9N3S/c1-9-5(6)7-3-2-4-8-5/h2-4,7H,6H2,1H3. The van der Waals surface area contributed by atoms with Crippen LogP contribution in [0.1, 0.15) is 0 Å². The van der Waals surface area contributed by atoms with E-state index < -0.39 is 5.12 Å². The fraction of sp³-hybridized carbons (Fsp3) is 0.400. The fourth-order valence-corrected chi connectivity index (χ4v) is 0.865. The molecule has 1 heterocycles. The Labute approximate surface area is 58.4 Å². The predicted molar refractivity (Wildman–Crippen MR) is 41.2 cm³/mol. The SMILES string of the molecule is CSC1(N)N=CC=CN1. The van der Waals surface area contributed by atoms with Gasteiger partial charge in [0.15, 0.2) is 0 Å². The average molecular weight is 143 g/mol. The average Bonchev–Trinajstić information content (AvgIpc) is 1.90. The van der Waals surface area contributed by atoms with Gasteiger partial charge >= 0.3 is 0 Å². The third kappa shape index (κ3) is 1.46. The van der Waals surface area contributed by atoms with Crippen LogP contribution in [0.2, 0.25) is 0 Å². The van der Waals surface area contributed by atoms with Crippen molar-refractivity contribution in [3.05, 3.63) is 12.3 Å². The number of rotatable bonds is 1. The lowest BCUT2D eigenvalue weighted by Crippen LogP contribution is -2.47. The van der Waals surface area contributed by atoms with Gasteiger partial charge in [0.05, 0.1) is 0 Å². The minimum atomic E-state index is -0.630. The van der Waals surface area contributed by atoms with Crippen molar-refractivity contribution in [1.82, 2.24) is 5.32 Å². The molecule has 3 N–H and O–H groups in total. The number of hydrogen-bond donors (Lipinski definition) is 2. The predicted octanol–water partition coefficient (Wildman–Crippen LogP) is 0.107. The Kier molecular flexibility index (Phi) is 1.78. The van der Waals surface area contributed by atoms with Gasteiger partial charge in [0.1, 0.15) is 0 Å². The summed E-state index contributed by atoms with van der Waals surface area (Å²) in [4.78, 5) is 4.00. The van der Waals surface area contributed by atoms with Crippen molar-refractivity contribution in [2.75, 3.05) is 6.26 Å². The van der Waals surface area contributed by atoms with Gasteiger partial charge in [0.2, 0.25) is 5.12 Å². The molecular formula is C5H9N3S. The second-order valence-corrected chi connectivity index (χ2v) is 2.71. The van der Waals surface area contributed by atoms with Crippen molar-refractivity contribution in [3.63, 3.8) is 0 Å². The van der Waals surface area contributed by atoms with Crippen LogP contribution in [0.5, 0.6) is 0 Å². The Morgan fingerprint density at radius 2 is 2.56 bits per heavy atom. The summed E-state index contributed by atoms with van der Waals surface area (Å²) >= 11 is 1.47. The number of nitrogens with one attached hydrogen (secondary N) is 1. The van der Waals surface area contributed by atoms with Crippen molar-refractivity contribution in [2.45, 2.75) is 5.12 Å². The number of nitrogens with two attached hydrogens (primary N) is 1. The monoisotopic (exact) mass is 143 g/mol. The zero-order valence-electron chi connectivity index (χ0n) is 5.16. The van der Waals surface area contributed by atoms with Crippen molar-refractivity contribution < 1.29 is 0 Å². The van der Waals surface area contributed by atoms with Crippen LogP contribution in [0.25, 0.3) is 0 Å². The summed E-state index contributed by atoms with van der Waals surface area (Å²) in [5.41, 5.74) is 5.66. The molecule has 1 unspecified atom stereocenters. The smallest absolute Gasteiger partial charge is 0.231 e. The van der Waals surface area contributed by atoms with Gasteiger partial charge in [-0.2, -0.15) is 0 Å². The van der Waals surface area contributed by atoms with E-state index in [0.29, 0.717) is 0 Å². The van der Waals surface area contributed by atoms with Crippen LogP contribution in [0, 0.1) is 0 Å². The Hall–Kier alpha value is -0.480. The van der Waals surface area contributed by atoms with Gasteiger partial charge in [-0.05, 0) is 12.3 Å². The van der Waals surface area contributed by atoms with Crippen molar-refractivity contribution >= 4 is 18.0 Å². The van der Waals surface area contributed by atoms with E-state index in [4.69, 9.17) is 5.73 Å². The van der Waals surface area contributed by atoms with Crippen LogP contribution in [0.15, 0.2) is 17.3 Å². The third-order valence-electron chi connectivity index (χ3n) is 1.05. The third-order valence-corrected chi connectivity index (χ3v) is 1.90. The summed E-state index contributed by atoms with van der Waals surface area (Å²) in [6, 6.07) is 0. The first-order chi connectivity index (χ1) is 4.27. The van der Waals surface area contributed by atoms with Crippen molar-refractivity contribution in [1.29, 1.82) is 0 Å². The van der Waals surface area contributed by atoms with Crippen molar-refractivity contribution in [2.24, 2.45) is 10.7 Å². The summed E-state index contributed by atoms with van der Waals surface area (Å²) in [5.74, 6) is 0. The van der Waals surface area contributed by atoms with E-state index in [1.54, 1.807) is 18.5 Å². The fourth-order valence-electron chi connectivity index (χ4n) is 0.513. The maximum absolute atomic E-state index is 5.66. The highest BCUT2D eigenvalue weighted by atomic mass is 32.2. The van der Waals surface area contributed by atoms with E-state index in [1.807, 2.05) is 6.26 Å². The van der Waals surface area contributed by atoms with Gasteiger partial charge in [-0.25, -0.2) is 4.99 Å². The first kappa shape index (κ1) is 6.64. The highest BCUT2D eigenvalue weighted by Gasteiger charge is 2.19. The molecule has 1 aliphatic heterocycles. The van der Waals surface area contributed by atoms with Gasteiger partial charge in [0.25, 0.3) is 0 Å². The Balaban J connectivity index is 2.63. The van der Waals surface area contributed by atoms with Gasteiger partial charge in [-0.1, -0.05) is 11.8 Å². The summed E-state index contributed by atoms with van der Waals surface area (Å²) in [6.07, 6.45) is 7.18. The maximum Gasteiger partial charge on any atom is 0.231 e. The van der Waals surface area contributed by atoms with E-state index in [2.05, 4.69) is 10.3 Å². The lowest BCUT2D eigenvalue weighted by molar-refractivity contribution is 0.580. The number of hydrogen-bond acceptors (Lipinski definition) is 4. The number of allylic oxidation sites excluding steroid dienone is 1. The zero-order chi connectivity index (χ0) is 6.74. The van der Waals surface area contributed by atoms with Crippen LogP contribution in [-0.2, 0) is 0 Å². The van der Waals surface area contributed by atoms with Crippen molar-refractivity contribution in [3.8, 4) is 0 Å². The second-order valence-electron chi connectivity index (χ2n) is 1.68. The molecule has 0 fully saturated rings. The number of nitrogens with zero attached hydrogens (tertiary/aromatic N) is 1. The highest BCUT2D eigenvalue weighted by Crippen LogP contribution is 2.14. The summed E-state index contributed by atoms with van der Waals surface area (Å²) < 4.78 is 0. The molecule has 3 nitrogen and oxygen atoms in total. The van der Waals surface area contributed by atoms with Crippen LogP contribution in [0.4, 0.5) is 0 Å². The molecule has 1 atom stereocenters. The quantitative estimate of drug-likeness (QED) is 0.512. The molecule has 50 valence electrons. The highest BCUT2D eigenvalue weighted by molar-refractivity contribution is 7.99. The molecule has 0 aromatic heterocycles. The molecule has 0 aromatic carbocycles. The molecular weight excluding hydrogens is 134 g/mol.